The summed E-state index contributed by atoms with van der Waals surface area (Å²) in [4.78, 5) is 14.7. The first-order chi connectivity index (χ1) is 16.5. The van der Waals surface area contributed by atoms with E-state index in [1.54, 1.807) is 35.6 Å². The molecule has 1 atom stereocenters. The number of nitrogens with zero attached hydrogens (tertiary/aromatic N) is 1. The molecule has 7 heteroatoms. The number of piperidine rings is 1. The molecule has 0 saturated carbocycles. The van der Waals surface area contributed by atoms with Crippen molar-refractivity contribution in [2.75, 3.05) is 13.1 Å². The Bertz CT molecular complexity index is 1230. The monoisotopic (exact) mass is 494 g/mol. The third kappa shape index (κ3) is 4.83. The highest BCUT2D eigenvalue weighted by Crippen LogP contribution is 2.31. The standard InChI is InChI=1S/C27H30N2O3S2/c30-27(21-14-16-29(17-15-21)34(31,32)24-9-2-1-3-10-24)28-26(25-11-6-18-33-25)23-13-12-20-7-4-5-8-22(20)19-23/h1-3,6,9-13,18-19,21,26H,4-5,7-8,14-17H2,(H,28,30). The molecule has 1 unspecified atom stereocenters. The van der Waals surface area contributed by atoms with E-state index in [2.05, 4.69) is 29.6 Å². The van der Waals surface area contributed by atoms with Gasteiger partial charge in [0.05, 0.1) is 10.9 Å². The fourth-order valence-corrected chi connectivity index (χ4v) is 7.36. The predicted octanol–water partition coefficient (Wildman–Crippen LogP) is 4.93. The second-order valence-electron chi connectivity index (χ2n) is 9.18. The highest BCUT2D eigenvalue weighted by molar-refractivity contribution is 7.89. The molecule has 1 amide bonds. The predicted molar refractivity (Wildman–Crippen MR) is 135 cm³/mol. The van der Waals surface area contributed by atoms with Crippen molar-refractivity contribution in [1.82, 2.24) is 9.62 Å². The van der Waals surface area contributed by atoms with E-state index in [0.717, 1.165) is 23.3 Å². The molecule has 1 aliphatic heterocycles. The number of carbonyl (C=O) groups excluding carboxylic acids is 1. The quantitative estimate of drug-likeness (QED) is 0.528. The minimum atomic E-state index is -3.52. The Morgan fingerprint density at radius 1 is 0.941 bits per heavy atom. The molecule has 34 heavy (non-hydrogen) atoms. The molecular weight excluding hydrogens is 464 g/mol. The van der Waals surface area contributed by atoms with Crippen LogP contribution in [0.4, 0.5) is 0 Å². The van der Waals surface area contributed by atoms with Crippen molar-refractivity contribution in [3.63, 3.8) is 0 Å². The molecule has 2 aromatic carbocycles. The van der Waals surface area contributed by atoms with Gasteiger partial charge in [0, 0.05) is 23.9 Å². The lowest BCUT2D eigenvalue weighted by Gasteiger charge is -2.31. The largest absolute Gasteiger partial charge is 0.344 e. The number of benzene rings is 2. The molecular formula is C27H30N2O3S2. The number of thiophene rings is 1. The van der Waals surface area contributed by atoms with Crippen LogP contribution >= 0.6 is 11.3 Å². The van der Waals surface area contributed by atoms with E-state index in [-0.39, 0.29) is 17.9 Å². The maximum absolute atomic E-state index is 13.3. The number of aryl methyl sites for hydroxylation is 2. The van der Waals surface area contributed by atoms with Gasteiger partial charge in [0.2, 0.25) is 15.9 Å². The van der Waals surface area contributed by atoms with E-state index in [1.807, 2.05) is 17.5 Å². The van der Waals surface area contributed by atoms with E-state index >= 15 is 0 Å². The van der Waals surface area contributed by atoms with E-state index in [4.69, 9.17) is 0 Å². The van der Waals surface area contributed by atoms with E-state index < -0.39 is 10.0 Å². The molecule has 178 valence electrons. The number of rotatable bonds is 6. The summed E-state index contributed by atoms with van der Waals surface area (Å²) in [5.41, 5.74) is 3.96. The fraction of sp³-hybridized carbons (Fsp3) is 0.370. The first kappa shape index (κ1) is 23.3. The maximum Gasteiger partial charge on any atom is 0.243 e. The van der Waals surface area contributed by atoms with Gasteiger partial charge in [0.1, 0.15) is 0 Å². The van der Waals surface area contributed by atoms with E-state index in [0.29, 0.717) is 30.8 Å². The Labute approximate surface area is 205 Å². The Hall–Kier alpha value is -2.48. The van der Waals surface area contributed by atoms with Crippen LogP contribution in [0.3, 0.4) is 0 Å². The van der Waals surface area contributed by atoms with Crippen LogP contribution in [0, 0.1) is 5.92 Å². The molecule has 1 saturated heterocycles. The van der Waals surface area contributed by atoms with Crippen LogP contribution in [0.15, 0.2) is 70.9 Å². The average Bonchev–Trinajstić information content (AvgIpc) is 3.42. The smallest absolute Gasteiger partial charge is 0.243 e. The van der Waals surface area contributed by atoms with Gasteiger partial charge in [-0.15, -0.1) is 11.3 Å². The van der Waals surface area contributed by atoms with Gasteiger partial charge in [-0.05, 0) is 78.8 Å². The summed E-state index contributed by atoms with van der Waals surface area (Å²) in [5.74, 6) is -0.185. The SMILES string of the molecule is O=C(NC(c1ccc2c(c1)CCCC2)c1cccs1)C1CCN(S(=O)(=O)c2ccccc2)CC1. The summed E-state index contributed by atoms with van der Waals surface area (Å²) in [6, 6.07) is 19.1. The molecule has 2 aliphatic rings. The Balaban J connectivity index is 1.29. The van der Waals surface area contributed by atoms with Gasteiger partial charge < -0.3 is 5.32 Å². The first-order valence-electron chi connectivity index (χ1n) is 12.0. The molecule has 5 rings (SSSR count). The van der Waals surface area contributed by atoms with Gasteiger partial charge in [-0.25, -0.2) is 8.42 Å². The van der Waals surface area contributed by atoms with Gasteiger partial charge in [0.15, 0.2) is 0 Å². The average molecular weight is 495 g/mol. The number of sulfonamides is 1. The van der Waals surface area contributed by atoms with Crippen molar-refractivity contribution in [3.8, 4) is 0 Å². The second kappa shape index (κ2) is 10.0. The van der Waals surface area contributed by atoms with Gasteiger partial charge in [-0.2, -0.15) is 4.31 Å². The van der Waals surface area contributed by atoms with Crippen molar-refractivity contribution in [3.05, 3.63) is 87.6 Å². The van der Waals surface area contributed by atoms with Crippen LogP contribution in [0.5, 0.6) is 0 Å². The van der Waals surface area contributed by atoms with Crippen molar-refractivity contribution in [2.24, 2.45) is 5.92 Å². The van der Waals surface area contributed by atoms with Gasteiger partial charge in [-0.1, -0.05) is 42.5 Å². The second-order valence-corrected chi connectivity index (χ2v) is 12.1. The normalized spacial score (nSPS) is 18.2. The van der Waals surface area contributed by atoms with Crippen LogP contribution in [0.25, 0.3) is 0 Å². The summed E-state index contributed by atoms with van der Waals surface area (Å²) in [6.45, 7) is 0.718. The molecule has 1 aliphatic carbocycles. The van der Waals surface area contributed by atoms with Crippen LogP contribution in [0.1, 0.15) is 53.3 Å². The lowest BCUT2D eigenvalue weighted by molar-refractivity contribution is -0.126. The summed E-state index contributed by atoms with van der Waals surface area (Å²) in [5, 5.41) is 5.34. The lowest BCUT2D eigenvalue weighted by atomic mass is 9.88. The molecule has 0 spiro atoms. The minimum absolute atomic E-state index is 0.00730. The van der Waals surface area contributed by atoms with Gasteiger partial charge >= 0.3 is 0 Å². The Morgan fingerprint density at radius 2 is 1.68 bits per heavy atom. The number of carbonyl (C=O) groups is 1. The van der Waals surface area contributed by atoms with Crippen LogP contribution < -0.4 is 5.32 Å². The highest BCUT2D eigenvalue weighted by Gasteiger charge is 2.33. The van der Waals surface area contributed by atoms with Gasteiger partial charge in [-0.3, -0.25) is 4.79 Å². The number of hydrogen-bond acceptors (Lipinski definition) is 4. The fourth-order valence-electron chi connectivity index (χ4n) is 5.07. The summed E-state index contributed by atoms with van der Waals surface area (Å²) < 4.78 is 27.4. The van der Waals surface area contributed by atoms with Crippen molar-refractivity contribution < 1.29 is 13.2 Å². The number of hydrogen-bond donors (Lipinski definition) is 1. The summed E-state index contributed by atoms with van der Waals surface area (Å²) >= 11 is 1.65. The molecule has 5 nitrogen and oxygen atoms in total. The van der Waals surface area contributed by atoms with Crippen LogP contribution in [0.2, 0.25) is 0 Å². The minimum Gasteiger partial charge on any atom is -0.344 e. The molecule has 1 fully saturated rings. The molecule has 2 heterocycles. The van der Waals surface area contributed by atoms with Crippen molar-refractivity contribution >= 4 is 27.3 Å². The van der Waals surface area contributed by atoms with Crippen molar-refractivity contribution in [2.45, 2.75) is 49.5 Å². The summed E-state index contributed by atoms with van der Waals surface area (Å²) in [7, 11) is -3.52. The Morgan fingerprint density at radius 3 is 2.38 bits per heavy atom. The van der Waals surface area contributed by atoms with E-state index in [9.17, 15) is 13.2 Å². The molecule has 1 N–H and O–H groups in total. The number of nitrogens with one attached hydrogen (secondary N) is 1. The third-order valence-electron chi connectivity index (χ3n) is 7.03. The molecule has 1 aromatic heterocycles. The maximum atomic E-state index is 13.3. The number of amides is 1. The molecule has 0 radical (unpaired) electrons. The topological polar surface area (TPSA) is 66.5 Å². The molecule has 3 aromatic rings. The Kier molecular flexibility index (Phi) is 6.86. The number of fused-ring (bicyclic) bond motifs is 1. The van der Waals surface area contributed by atoms with Gasteiger partial charge in [0.25, 0.3) is 0 Å². The van der Waals surface area contributed by atoms with Crippen molar-refractivity contribution in [1.29, 1.82) is 0 Å². The first-order valence-corrected chi connectivity index (χ1v) is 14.3. The zero-order valence-electron chi connectivity index (χ0n) is 19.2. The zero-order valence-corrected chi connectivity index (χ0v) is 20.8. The summed E-state index contributed by atoms with van der Waals surface area (Å²) in [6.07, 6.45) is 5.75. The van der Waals surface area contributed by atoms with Crippen LogP contribution in [-0.2, 0) is 27.7 Å². The van der Waals surface area contributed by atoms with Crippen LogP contribution in [-0.4, -0.2) is 31.7 Å². The highest BCUT2D eigenvalue weighted by atomic mass is 32.2. The van der Waals surface area contributed by atoms with E-state index in [1.165, 1.54) is 28.3 Å². The zero-order chi connectivity index (χ0) is 23.5. The third-order valence-corrected chi connectivity index (χ3v) is 9.88. The molecule has 0 bridgehead atoms. The lowest BCUT2D eigenvalue weighted by Crippen LogP contribution is -2.43.